The van der Waals surface area contributed by atoms with Crippen LogP contribution in [0.15, 0.2) is 0 Å². The van der Waals surface area contributed by atoms with Gasteiger partial charge in [-0.25, -0.2) is 0 Å². The summed E-state index contributed by atoms with van der Waals surface area (Å²) < 4.78 is 0. The van der Waals surface area contributed by atoms with Crippen molar-refractivity contribution in [2.45, 2.75) is 51.1 Å². The van der Waals surface area contributed by atoms with Gasteiger partial charge in [0.1, 0.15) is 0 Å². The van der Waals surface area contributed by atoms with Crippen LogP contribution >= 0.6 is 0 Å². The number of nitrogens with two attached hydrogens (primary N) is 1. The second kappa shape index (κ2) is 4.94. The van der Waals surface area contributed by atoms with E-state index < -0.39 is 5.54 Å². The van der Waals surface area contributed by atoms with Gasteiger partial charge in [0, 0.05) is 19.1 Å². The number of hydrogen-bond acceptors (Lipinski definition) is 3. The number of hydrogen-bond donors (Lipinski definition) is 2. The number of carbonyl (C=O) groups excluding carboxylic acids is 1. The molecule has 1 saturated carbocycles. The summed E-state index contributed by atoms with van der Waals surface area (Å²) >= 11 is 0. The van der Waals surface area contributed by atoms with E-state index in [0.717, 1.165) is 45.3 Å². The highest BCUT2D eigenvalue weighted by atomic mass is 16.2. The number of amides is 1. The number of carbonyl (C=O) groups is 1. The van der Waals surface area contributed by atoms with Crippen molar-refractivity contribution in [3.63, 3.8) is 0 Å². The quantitative estimate of drug-likeness (QED) is 0.760. The Morgan fingerprint density at radius 3 is 2.41 bits per heavy atom. The Kier molecular flexibility index (Phi) is 3.73. The number of piperidine rings is 1. The molecule has 1 aliphatic heterocycles. The standard InChI is InChI=1S/C13H25N3O/c1-3-16-8-6-11(7-9-16)15-12(17)13(2,14)10-4-5-10/h10-11H,3-9,14H2,1-2H3,(H,15,17). The molecule has 4 heteroatoms. The van der Waals surface area contributed by atoms with Gasteiger partial charge in [-0.1, -0.05) is 6.92 Å². The molecule has 17 heavy (non-hydrogen) atoms. The van der Waals surface area contributed by atoms with Gasteiger partial charge in [-0.05, 0) is 45.1 Å². The fraction of sp³-hybridized carbons (Fsp3) is 0.923. The highest BCUT2D eigenvalue weighted by Gasteiger charge is 2.44. The van der Waals surface area contributed by atoms with Gasteiger partial charge in [-0.3, -0.25) is 4.79 Å². The zero-order chi connectivity index (χ0) is 12.5. The van der Waals surface area contributed by atoms with E-state index in [-0.39, 0.29) is 5.91 Å². The molecule has 3 N–H and O–H groups in total. The molecule has 2 rings (SSSR count). The van der Waals surface area contributed by atoms with E-state index in [1.54, 1.807) is 0 Å². The lowest BCUT2D eigenvalue weighted by atomic mass is 9.94. The molecule has 4 nitrogen and oxygen atoms in total. The molecular weight excluding hydrogens is 214 g/mol. The molecule has 1 amide bonds. The van der Waals surface area contributed by atoms with E-state index in [1.807, 2.05) is 6.92 Å². The van der Waals surface area contributed by atoms with E-state index in [9.17, 15) is 4.79 Å². The molecule has 1 aliphatic carbocycles. The number of nitrogens with one attached hydrogen (secondary N) is 1. The topological polar surface area (TPSA) is 58.4 Å². The minimum atomic E-state index is -0.651. The van der Waals surface area contributed by atoms with E-state index in [2.05, 4.69) is 17.1 Å². The summed E-state index contributed by atoms with van der Waals surface area (Å²) in [5, 5.41) is 3.13. The maximum Gasteiger partial charge on any atom is 0.240 e. The summed E-state index contributed by atoms with van der Waals surface area (Å²) in [5.74, 6) is 0.452. The Hall–Kier alpha value is -0.610. The molecule has 0 aromatic carbocycles. The summed E-state index contributed by atoms with van der Waals surface area (Å²) in [6.45, 7) is 7.35. The fourth-order valence-corrected chi connectivity index (χ4v) is 2.60. The molecule has 0 aromatic rings. The predicted octanol–water partition coefficient (Wildman–Crippen LogP) is 0.714. The van der Waals surface area contributed by atoms with Gasteiger partial charge in [0.05, 0.1) is 5.54 Å². The highest BCUT2D eigenvalue weighted by molar-refractivity contribution is 5.86. The Morgan fingerprint density at radius 1 is 1.35 bits per heavy atom. The number of nitrogens with zero attached hydrogens (tertiary/aromatic N) is 1. The van der Waals surface area contributed by atoms with E-state index >= 15 is 0 Å². The second-order valence-corrected chi connectivity index (χ2v) is 5.74. The van der Waals surface area contributed by atoms with Gasteiger partial charge in [-0.15, -0.1) is 0 Å². The summed E-state index contributed by atoms with van der Waals surface area (Å²) in [4.78, 5) is 14.5. The van der Waals surface area contributed by atoms with Gasteiger partial charge >= 0.3 is 0 Å². The van der Waals surface area contributed by atoms with Crippen molar-refractivity contribution >= 4 is 5.91 Å². The van der Waals surface area contributed by atoms with Crippen molar-refractivity contribution in [1.29, 1.82) is 0 Å². The lowest BCUT2D eigenvalue weighted by molar-refractivity contribution is -0.127. The molecule has 1 saturated heterocycles. The van der Waals surface area contributed by atoms with E-state index in [0.29, 0.717) is 12.0 Å². The van der Waals surface area contributed by atoms with Gasteiger partial charge in [-0.2, -0.15) is 0 Å². The SMILES string of the molecule is CCN1CCC(NC(=O)C(C)(N)C2CC2)CC1. The van der Waals surface area contributed by atoms with Gasteiger partial charge in [0.15, 0.2) is 0 Å². The second-order valence-electron chi connectivity index (χ2n) is 5.74. The van der Waals surface area contributed by atoms with Crippen LogP contribution in [-0.4, -0.2) is 42.0 Å². The molecule has 2 fully saturated rings. The maximum absolute atomic E-state index is 12.1. The molecule has 2 aliphatic rings. The zero-order valence-corrected chi connectivity index (χ0v) is 11.0. The van der Waals surface area contributed by atoms with Crippen molar-refractivity contribution in [3.05, 3.63) is 0 Å². The van der Waals surface area contributed by atoms with E-state index in [4.69, 9.17) is 5.73 Å². The first-order chi connectivity index (χ1) is 8.04. The normalized spacial score (nSPS) is 26.5. The van der Waals surface area contributed by atoms with Crippen LogP contribution in [0.2, 0.25) is 0 Å². The van der Waals surface area contributed by atoms with Crippen molar-refractivity contribution in [2.24, 2.45) is 11.7 Å². The summed E-state index contributed by atoms with van der Waals surface area (Å²) in [6.07, 6.45) is 4.32. The fourth-order valence-electron chi connectivity index (χ4n) is 2.60. The van der Waals surface area contributed by atoms with Crippen molar-refractivity contribution in [2.75, 3.05) is 19.6 Å². The largest absolute Gasteiger partial charge is 0.352 e. The Balaban J connectivity index is 1.79. The lowest BCUT2D eigenvalue weighted by Gasteiger charge is -2.33. The molecule has 0 bridgehead atoms. The zero-order valence-electron chi connectivity index (χ0n) is 11.0. The Bertz CT molecular complexity index is 278. The summed E-state index contributed by atoms with van der Waals surface area (Å²) in [5.41, 5.74) is 5.46. The van der Waals surface area contributed by atoms with Gasteiger partial charge in [0.25, 0.3) is 0 Å². The monoisotopic (exact) mass is 239 g/mol. The van der Waals surface area contributed by atoms with Crippen LogP contribution < -0.4 is 11.1 Å². The third-order valence-electron chi connectivity index (χ3n) is 4.28. The van der Waals surface area contributed by atoms with Gasteiger partial charge in [0.2, 0.25) is 5.91 Å². The van der Waals surface area contributed by atoms with Gasteiger partial charge < -0.3 is 16.0 Å². The lowest BCUT2D eigenvalue weighted by Crippen LogP contribution is -2.57. The van der Waals surface area contributed by atoms with Crippen molar-refractivity contribution < 1.29 is 4.79 Å². The molecule has 1 atom stereocenters. The van der Waals surface area contributed by atoms with Crippen LogP contribution in [0.5, 0.6) is 0 Å². The average Bonchev–Trinajstić information content (AvgIpc) is 3.14. The summed E-state index contributed by atoms with van der Waals surface area (Å²) in [7, 11) is 0. The van der Waals surface area contributed by atoms with Crippen LogP contribution in [0, 0.1) is 5.92 Å². The molecule has 0 radical (unpaired) electrons. The third kappa shape index (κ3) is 2.99. The molecule has 0 aromatic heterocycles. The minimum absolute atomic E-state index is 0.0509. The molecule has 98 valence electrons. The molecular formula is C13H25N3O. The van der Waals surface area contributed by atoms with Crippen LogP contribution in [0.1, 0.15) is 39.5 Å². The first-order valence-corrected chi connectivity index (χ1v) is 6.86. The average molecular weight is 239 g/mol. The molecule has 1 unspecified atom stereocenters. The van der Waals surface area contributed by atoms with Crippen LogP contribution in [0.25, 0.3) is 0 Å². The summed E-state index contributed by atoms with van der Waals surface area (Å²) in [6, 6.07) is 0.326. The van der Waals surface area contributed by atoms with E-state index in [1.165, 1.54) is 0 Å². The van der Waals surface area contributed by atoms with Crippen LogP contribution in [0.3, 0.4) is 0 Å². The Morgan fingerprint density at radius 2 is 1.94 bits per heavy atom. The molecule has 1 heterocycles. The highest BCUT2D eigenvalue weighted by Crippen LogP contribution is 2.38. The minimum Gasteiger partial charge on any atom is -0.352 e. The third-order valence-corrected chi connectivity index (χ3v) is 4.28. The first kappa shape index (κ1) is 12.8. The predicted molar refractivity (Wildman–Crippen MR) is 68.6 cm³/mol. The maximum atomic E-state index is 12.1. The number of rotatable bonds is 4. The first-order valence-electron chi connectivity index (χ1n) is 6.86. The smallest absolute Gasteiger partial charge is 0.240 e. The number of likely N-dealkylation sites (tertiary alicyclic amines) is 1. The Labute approximate surface area is 104 Å². The van der Waals surface area contributed by atoms with Crippen molar-refractivity contribution in [1.82, 2.24) is 10.2 Å². The van der Waals surface area contributed by atoms with Crippen molar-refractivity contribution in [3.8, 4) is 0 Å². The molecule has 0 spiro atoms. The van der Waals surface area contributed by atoms with Crippen LogP contribution in [0.4, 0.5) is 0 Å². The van der Waals surface area contributed by atoms with Crippen LogP contribution in [-0.2, 0) is 4.79 Å².